The summed E-state index contributed by atoms with van der Waals surface area (Å²) < 4.78 is 0. The van der Waals surface area contributed by atoms with Crippen molar-refractivity contribution >= 4 is 28.4 Å². The average molecular weight is 280 g/mol. The van der Waals surface area contributed by atoms with Crippen molar-refractivity contribution in [2.75, 3.05) is 5.73 Å². The number of rotatable bonds is 3. The van der Waals surface area contributed by atoms with Crippen LogP contribution in [0.25, 0.3) is 10.9 Å². The Bertz CT molecular complexity index is 753. The number of nitrogens with zero attached hydrogens (tertiary/aromatic N) is 1. The average Bonchev–Trinajstić information content (AvgIpc) is 2.48. The molecule has 0 saturated carbocycles. The van der Waals surface area contributed by atoms with Gasteiger partial charge in [0.2, 0.25) is 0 Å². The van der Waals surface area contributed by atoms with Crippen molar-refractivity contribution in [2.24, 2.45) is 0 Å². The lowest BCUT2D eigenvalue weighted by Gasteiger charge is -2.08. The van der Waals surface area contributed by atoms with E-state index in [0.717, 1.165) is 27.4 Å². The molecule has 1 heterocycles. The normalized spacial score (nSPS) is 10.8. The van der Waals surface area contributed by atoms with Crippen LogP contribution in [0.4, 0.5) is 5.69 Å². The first-order valence-electron chi connectivity index (χ1n) is 6.55. The lowest BCUT2D eigenvalue weighted by Crippen LogP contribution is -1.92. The van der Waals surface area contributed by atoms with Gasteiger partial charge in [-0.05, 0) is 42.3 Å². The lowest BCUT2D eigenvalue weighted by molar-refractivity contribution is 1.34. The molecule has 2 N–H and O–H groups in total. The van der Waals surface area contributed by atoms with Crippen LogP contribution < -0.4 is 5.73 Å². The summed E-state index contributed by atoms with van der Waals surface area (Å²) in [6.45, 7) is 2.04. The summed E-state index contributed by atoms with van der Waals surface area (Å²) in [7, 11) is 0. The second kappa shape index (κ2) is 5.55. The van der Waals surface area contributed by atoms with Gasteiger partial charge in [0.15, 0.2) is 0 Å². The monoisotopic (exact) mass is 280 g/mol. The molecule has 20 heavy (non-hydrogen) atoms. The van der Waals surface area contributed by atoms with Crippen molar-refractivity contribution in [1.29, 1.82) is 0 Å². The summed E-state index contributed by atoms with van der Waals surface area (Å²) in [4.78, 5) is 5.49. The Morgan fingerprint density at radius 1 is 1.10 bits per heavy atom. The summed E-state index contributed by atoms with van der Waals surface area (Å²) in [5, 5.41) is 1.18. The fraction of sp³-hybridized carbons (Fsp3) is 0.118. The van der Waals surface area contributed by atoms with E-state index < -0.39 is 0 Å². The van der Waals surface area contributed by atoms with Gasteiger partial charge in [-0.3, -0.25) is 4.98 Å². The minimum Gasteiger partial charge on any atom is -0.398 e. The van der Waals surface area contributed by atoms with E-state index in [1.54, 1.807) is 11.8 Å². The fourth-order valence-electron chi connectivity index (χ4n) is 2.16. The van der Waals surface area contributed by atoms with Gasteiger partial charge in [-0.25, -0.2) is 0 Å². The van der Waals surface area contributed by atoms with Crippen LogP contribution in [0.2, 0.25) is 0 Å². The molecule has 1 aromatic heterocycles. The summed E-state index contributed by atoms with van der Waals surface area (Å²) in [5.41, 5.74) is 10.5. The van der Waals surface area contributed by atoms with Crippen molar-refractivity contribution in [3.63, 3.8) is 0 Å². The molecule has 2 nitrogen and oxygen atoms in total. The molecule has 3 rings (SSSR count). The number of benzene rings is 2. The lowest BCUT2D eigenvalue weighted by atomic mass is 10.1. The second-order valence-corrected chi connectivity index (χ2v) is 5.82. The molecule has 0 atom stereocenters. The van der Waals surface area contributed by atoms with Gasteiger partial charge < -0.3 is 5.73 Å². The topological polar surface area (TPSA) is 38.9 Å². The molecule has 0 radical (unpaired) electrons. The van der Waals surface area contributed by atoms with Crippen LogP contribution in [0, 0.1) is 6.92 Å². The first kappa shape index (κ1) is 13.0. The van der Waals surface area contributed by atoms with Crippen molar-refractivity contribution < 1.29 is 0 Å². The number of hydrogen-bond acceptors (Lipinski definition) is 3. The van der Waals surface area contributed by atoms with Gasteiger partial charge in [0.1, 0.15) is 0 Å². The molecule has 0 saturated heterocycles. The van der Waals surface area contributed by atoms with Gasteiger partial charge in [-0.2, -0.15) is 0 Å². The van der Waals surface area contributed by atoms with Crippen LogP contribution >= 0.6 is 11.8 Å². The molecule has 0 unspecified atom stereocenters. The van der Waals surface area contributed by atoms with E-state index in [0.29, 0.717) is 0 Å². The minimum absolute atomic E-state index is 0.889. The van der Waals surface area contributed by atoms with Crippen molar-refractivity contribution in [3.8, 4) is 0 Å². The molecular weight excluding hydrogens is 264 g/mol. The number of aryl methyl sites for hydroxylation is 1. The standard InChI is InChI=1S/C17H16N2S/c1-12-4-2-6-16(17(12)18)20-11-13-7-8-15-14(10-13)5-3-9-19-15/h2-10H,11,18H2,1H3. The van der Waals surface area contributed by atoms with Crippen molar-refractivity contribution in [2.45, 2.75) is 17.6 Å². The van der Waals surface area contributed by atoms with Crippen LogP contribution in [-0.2, 0) is 5.75 Å². The minimum atomic E-state index is 0.889. The Morgan fingerprint density at radius 2 is 2.00 bits per heavy atom. The first-order valence-corrected chi connectivity index (χ1v) is 7.54. The molecule has 0 fully saturated rings. The number of para-hydroxylation sites is 1. The number of aromatic nitrogens is 1. The van der Waals surface area contributed by atoms with E-state index in [2.05, 4.69) is 41.4 Å². The molecule has 3 heteroatoms. The maximum absolute atomic E-state index is 6.11. The van der Waals surface area contributed by atoms with Gasteiger partial charge in [0.25, 0.3) is 0 Å². The van der Waals surface area contributed by atoms with Crippen LogP contribution in [0.3, 0.4) is 0 Å². The van der Waals surface area contributed by atoms with Crippen LogP contribution in [0.5, 0.6) is 0 Å². The number of thioether (sulfide) groups is 1. The quantitative estimate of drug-likeness (QED) is 0.570. The molecule has 0 bridgehead atoms. The van der Waals surface area contributed by atoms with E-state index in [-0.39, 0.29) is 0 Å². The highest BCUT2D eigenvalue weighted by Gasteiger charge is 2.03. The summed E-state index contributed by atoms with van der Waals surface area (Å²) in [6, 6.07) is 16.6. The number of pyridine rings is 1. The third kappa shape index (κ3) is 2.63. The third-order valence-electron chi connectivity index (χ3n) is 3.35. The first-order chi connectivity index (χ1) is 9.74. The molecule has 0 aliphatic heterocycles. The maximum Gasteiger partial charge on any atom is 0.0702 e. The number of hydrogen-bond donors (Lipinski definition) is 1. The number of nitrogens with two attached hydrogens (primary N) is 1. The van der Waals surface area contributed by atoms with Gasteiger partial charge in [0.05, 0.1) is 5.52 Å². The fourth-order valence-corrected chi connectivity index (χ4v) is 3.15. The Balaban J connectivity index is 1.81. The Morgan fingerprint density at radius 3 is 2.90 bits per heavy atom. The molecular formula is C17H16N2S. The summed E-state index contributed by atoms with van der Waals surface area (Å²) in [6.07, 6.45) is 1.82. The van der Waals surface area contributed by atoms with Gasteiger partial charge in [-0.1, -0.05) is 24.3 Å². The predicted octanol–water partition coefficient (Wildman–Crippen LogP) is 4.42. The molecule has 0 aliphatic carbocycles. The zero-order chi connectivity index (χ0) is 13.9. The zero-order valence-electron chi connectivity index (χ0n) is 11.3. The largest absolute Gasteiger partial charge is 0.398 e. The van der Waals surface area contributed by atoms with Gasteiger partial charge in [0, 0.05) is 27.9 Å². The SMILES string of the molecule is Cc1cccc(SCc2ccc3ncccc3c2)c1N. The molecule has 0 spiro atoms. The van der Waals surface area contributed by atoms with Gasteiger partial charge >= 0.3 is 0 Å². The zero-order valence-corrected chi connectivity index (χ0v) is 12.2. The second-order valence-electron chi connectivity index (χ2n) is 4.81. The molecule has 0 aliphatic rings. The number of anilines is 1. The van der Waals surface area contributed by atoms with E-state index in [1.807, 2.05) is 25.3 Å². The molecule has 2 aromatic carbocycles. The summed E-state index contributed by atoms with van der Waals surface area (Å²) in [5.74, 6) is 0.915. The third-order valence-corrected chi connectivity index (χ3v) is 4.49. The van der Waals surface area contributed by atoms with Crippen LogP contribution in [0.15, 0.2) is 59.6 Å². The van der Waals surface area contributed by atoms with Crippen LogP contribution in [0.1, 0.15) is 11.1 Å². The summed E-state index contributed by atoms with van der Waals surface area (Å²) >= 11 is 1.78. The van der Waals surface area contributed by atoms with Crippen molar-refractivity contribution in [1.82, 2.24) is 4.98 Å². The Hall–Kier alpha value is -2.00. The van der Waals surface area contributed by atoms with E-state index in [9.17, 15) is 0 Å². The molecule has 3 aromatic rings. The van der Waals surface area contributed by atoms with Crippen LogP contribution in [-0.4, -0.2) is 4.98 Å². The molecule has 0 amide bonds. The smallest absolute Gasteiger partial charge is 0.0702 e. The highest BCUT2D eigenvalue weighted by molar-refractivity contribution is 7.98. The predicted molar refractivity (Wildman–Crippen MR) is 86.9 cm³/mol. The van der Waals surface area contributed by atoms with Gasteiger partial charge in [-0.15, -0.1) is 11.8 Å². The van der Waals surface area contributed by atoms with Crippen molar-refractivity contribution in [3.05, 3.63) is 65.9 Å². The molecule has 100 valence electrons. The maximum atomic E-state index is 6.11. The number of nitrogen functional groups attached to an aromatic ring is 1. The Labute approximate surface area is 123 Å². The van der Waals surface area contributed by atoms with E-state index in [1.165, 1.54) is 10.9 Å². The number of fused-ring (bicyclic) bond motifs is 1. The van der Waals surface area contributed by atoms with E-state index in [4.69, 9.17) is 5.73 Å². The highest BCUT2D eigenvalue weighted by atomic mass is 32.2. The highest BCUT2D eigenvalue weighted by Crippen LogP contribution is 2.30. The van der Waals surface area contributed by atoms with E-state index >= 15 is 0 Å². The Kier molecular flexibility index (Phi) is 3.61.